The van der Waals surface area contributed by atoms with Crippen LogP contribution in [0.1, 0.15) is 18.9 Å². The number of methoxy groups -OCH3 is 1. The predicted molar refractivity (Wildman–Crippen MR) is 76.2 cm³/mol. The molecule has 2 N–H and O–H groups in total. The Bertz CT molecular complexity index is 532. The summed E-state index contributed by atoms with van der Waals surface area (Å²) < 4.78 is 32.2. The first-order valence-electron chi connectivity index (χ1n) is 5.97. The molecule has 0 aliphatic rings. The Morgan fingerprint density at radius 2 is 2.05 bits per heavy atom. The van der Waals surface area contributed by atoms with Gasteiger partial charge in [-0.2, -0.15) is 0 Å². The van der Waals surface area contributed by atoms with E-state index in [0.717, 1.165) is 0 Å². The van der Waals surface area contributed by atoms with E-state index in [4.69, 9.17) is 16.3 Å². The number of halogens is 1. The average molecular weight is 307 g/mol. The summed E-state index contributed by atoms with van der Waals surface area (Å²) in [5, 5.41) is 3.32. The number of ether oxygens (including phenoxy) is 1. The minimum Gasteiger partial charge on any atom is -0.495 e. The van der Waals surface area contributed by atoms with Crippen molar-refractivity contribution in [2.75, 3.05) is 20.7 Å². The van der Waals surface area contributed by atoms with E-state index in [2.05, 4.69) is 10.0 Å². The zero-order valence-corrected chi connectivity index (χ0v) is 12.9. The van der Waals surface area contributed by atoms with Crippen LogP contribution < -0.4 is 14.8 Å². The van der Waals surface area contributed by atoms with E-state index in [1.54, 1.807) is 13.1 Å². The van der Waals surface area contributed by atoms with E-state index in [1.807, 2.05) is 6.92 Å². The molecule has 0 spiro atoms. The van der Waals surface area contributed by atoms with Crippen LogP contribution in [0.4, 0.5) is 0 Å². The minimum atomic E-state index is -3.62. The smallest absolute Gasteiger partial charge is 0.244 e. The van der Waals surface area contributed by atoms with Crippen molar-refractivity contribution in [1.29, 1.82) is 0 Å². The molecule has 0 heterocycles. The second kappa shape index (κ2) is 7.09. The molecule has 19 heavy (non-hydrogen) atoms. The molecule has 5 nitrogen and oxygen atoms in total. The number of nitrogens with one attached hydrogen (secondary N) is 2. The summed E-state index contributed by atoms with van der Waals surface area (Å²) in [5.74, 6) is 0.322. The Morgan fingerprint density at radius 1 is 1.37 bits per heavy atom. The predicted octanol–water partition coefficient (Wildman–Crippen LogP) is 1.76. The van der Waals surface area contributed by atoms with Gasteiger partial charge in [-0.25, -0.2) is 13.1 Å². The van der Waals surface area contributed by atoms with Gasteiger partial charge in [0.2, 0.25) is 10.0 Å². The van der Waals surface area contributed by atoms with Crippen LogP contribution in [0.25, 0.3) is 0 Å². The van der Waals surface area contributed by atoms with Crippen LogP contribution in [0.5, 0.6) is 5.75 Å². The highest BCUT2D eigenvalue weighted by Gasteiger charge is 2.22. The molecule has 0 aliphatic heterocycles. The molecule has 0 saturated carbocycles. The van der Waals surface area contributed by atoms with E-state index >= 15 is 0 Å². The van der Waals surface area contributed by atoms with Crippen molar-refractivity contribution in [3.05, 3.63) is 22.7 Å². The van der Waals surface area contributed by atoms with Gasteiger partial charge in [0, 0.05) is 23.7 Å². The zero-order valence-electron chi connectivity index (χ0n) is 11.3. The molecule has 1 aromatic rings. The third-order valence-electron chi connectivity index (χ3n) is 2.50. The SMILES string of the molecule is CCCNS(=O)(=O)c1cc(Cl)cc(CNC)c1OC. The Balaban J connectivity index is 3.33. The van der Waals surface area contributed by atoms with Crippen molar-refractivity contribution in [3.8, 4) is 5.75 Å². The quantitative estimate of drug-likeness (QED) is 0.805. The fourth-order valence-corrected chi connectivity index (χ4v) is 3.36. The van der Waals surface area contributed by atoms with Gasteiger partial charge in [0.1, 0.15) is 10.6 Å². The topological polar surface area (TPSA) is 67.4 Å². The second-order valence-corrected chi connectivity index (χ2v) is 6.20. The Kier molecular flexibility index (Phi) is 6.06. The molecule has 7 heteroatoms. The third kappa shape index (κ3) is 4.07. The highest BCUT2D eigenvalue weighted by Crippen LogP contribution is 2.31. The third-order valence-corrected chi connectivity index (χ3v) is 4.18. The zero-order chi connectivity index (χ0) is 14.5. The van der Waals surface area contributed by atoms with Crippen molar-refractivity contribution in [1.82, 2.24) is 10.0 Å². The number of rotatable bonds is 7. The first-order valence-corrected chi connectivity index (χ1v) is 7.83. The molecule has 0 aliphatic carbocycles. The molecule has 0 unspecified atom stereocenters. The Labute approximate surface area is 119 Å². The van der Waals surface area contributed by atoms with Gasteiger partial charge in [0.05, 0.1) is 7.11 Å². The van der Waals surface area contributed by atoms with Gasteiger partial charge in [0.25, 0.3) is 0 Å². The lowest BCUT2D eigenvalue weighted by atomic mass is 10.2. The summed E-state index contributed by atoms with van der Waals surface area (Å²) in [5.41, 5.74) is 0.703. The summed E-state index contributed by atoms with van der Waals surface area (Å²) in [7, 11) is -0.402. The van der Waals surface area contributed by atoms with Gasteiger partial charge in [-0.05, 0) is 25.6 Å². The van der Waals surface area contributed by atoms with E-state index in [9.17, 15) is 8.42 Å². The summed E-state index contributed by atoms with van der Waals surface area (Å²) in [6, 6.07) is 3.09. The van der Waals surface area contributed by atoms with Crippen LogP contribution >= 0.6 is 11.6 Å². The largest absolute Gasteiger partial charge is 0.495 e. The second-order valence-electron chi connectivity index (χ2n) is 4.02. The standard InChI is InChI=1S/C12H19ClN2O3S/c1-4-5-15-19(16,17)11-7-10(13)6-9(8-14-2)12(11)18-3/h6-7,14-15H,4-5,8H2,1-3H3. The molecule has 108 valence electrons. The lowest BCUT2D eigenvalue weighted by Crippen LogP contribution is -2.25. The number of sulfonamides is 1. The lowest BCUT2D eigenvalue weighted by Gasteiger charge is -2.15. The first kappa shape index (κ1) is 16.2. The number of benzene rings is 1. The van der Waals surface area contributed by atoms with Gasteiger partial charge < -0.3 is 10.1 Å². The van der Waals surface area contributed by atoms with Crippen molar-refractivity contribution in [2.24, 2.45) is 0 Å². The fraction of sp³-hybridized carbons (Fsp3) is 0.500. The Hall–Kier alpha value is -0.820. The molecular weight excluding hydrogens is 288 g/mol. The molecule has 0 bridgehead atoms. The number of hydrogen-bond donors (Lipinski definition) is 2. The van der Waals surface area contributed by atoms with Crippen LogP contribution in [0.3, 0.4) is 0 Å². The molecule has 0 saturated heterocycles. The molecule has 0 aromatic heterocycles. The maximum Gasteiger partial charge on any atom is 0.244 e. The number of hydrogen-bond acceptors (Lipinski definition) is 4. The van der Waals surface area contributed by atoms with E-state index in [-0.39, 0.29) is 4.90 Å². The van der Waals surface area contributed by atoms with Crippen LogP contribution in [0.15, 0.2) is 17.0 Å². The van der Waals surface area contributed by atoms with Crippen LogP contribution in [-0.4, -0.2) is 29.1 Å². The van der Waals surface area contributed by atoms with Gasteiger partial charge in [-0.3, -0.25) is 0 Å². The fourth-order valence-electron chi connectivity index (χ4n) is 1.69. The van der Waals surface area contributed by atoms with Crippen LogP contribution in [0, 0.1) is 0 Å². The summed E-state index contributed by atoms with van der Waals surface area (Å²) in [6.07, 6.45) is 0.714. The highest BCUT2D eigenvalue weighted by atomic mass is 35.5. The minimum absolute atomic E-state index is 0.0706. The van der Waals surface area contributed by atoms with Gasteiger partial charge >= 0.3 is 0 Å². The summed E-state index contributed by atoms with van der Waals surface area (Å²) in [6.45, 7) is 2.74. The molecule has 1 rings (SSSR count). The van der Waals surface area contributed by atoms with Crippen molar-refractivity contribution >= 4 is 21.6 Å². The molecule has 1 aromatic carbocycles. The van der Waals surface area contributed by atoms with E-state index < -0.39 is 10.0 Å². The van der Waals surface area contributed by atoms with Crippen molar-refractivity contribution in [3.63, 3.8) is 0 Å². The van der Waals surface area contributed by atoms with Crippen LogP contribution in [0.2, 0.25) is 5.02 Å². The normalized spacial score (nSPS) is 11.6. The molecule has 0 atom stereocenters. The van der Waals surface area contributed by atoms with Gasteiger partial charge in [-0.15, -0.1) is 0 Å². The van der Waals surface area contributed by atoms with Crippen molar-refractivity contribution in [2.45, 2.75) is 24.8 Å². The average Bonchev–Trinajstić information content (AvgIpc) is 2.36. The molecule has 0 radical (unpaired) electrons. The summed E-state index contributed by atoms with van der Waals surface area (Å²) >= 11 is 5.98. The Morgan fingerprint density at radius 3 is 2.58 bits per heavy atom. The maximum atomic E-state index is 12.2. The first-order chi connectivity index (χ1) is 8.96. The lowest BCUT2D eigenvalue weighted by molar-refractivity contribution is 0.396. The molecule has 0 amide bonds. The molecular formula is C12H19ClN2O3S. The highest BCUT2D eigenvalue weighted by molar-refractivity contribution is 7.89. The van der Waals surface area contributed by atoms with Crippen molar-refractivity contribution < 1.29 is 13.2 Å². The van der Waals surface area contributed by atoms with Gasteiger partial charge in [-0.1, -0.05) is 18.5 Å². The molecule has 0 fully saturated rings. The maximum absolute atomic E-state index is 12.2. The van der Waals surface area contributed by atoms with Crippen LogP contribution in [-0.2, 0) is 16.6 Å². The van der Waals surface area contributed by atoms with E-state index in [1.165, 1.54) is 13.2 Å². The van der Waals surface area contributed by atoms with E-state index in [0.29, 0.717) is 35.8 Å². The van der Waals surface area contributed by atoms with Gasteiger partial charge in [0.15, 0.2) is 0 Å². The summed E-state index contributed by atoms with van der Waals surface area (Å²) in [4.78, 5) is 0.0706. The monoisotopic (exact) mass is 306 g/mol.